The zero-order valence-corrected chi connectivity index (χ0v) is 16.8. The first-order valence-corrected chi connectivity index (χ1v) is 9.40. The Morgan fingerprint density at radius 2 is 1.93 bits per heavy atom. The molecule has 1 unspecified atom stereocenters. The average molecular weight is 451 g/mol. The fourth-order valence-electron chi connectivity index (χ4n) is 3.09. The number of amides is 1. The smallest absolute Gasteiger partial charge is 0.295 e. The summed E-state index contributed by atoms with van der Waals surface area (Å²) in [6, 6.07) is 13.1. The molecule has 27 heavy (non-hydrogen) atoms. The first kappa shape index (κ1) is 19.6. The summed E-state index contributed by atoms with van der Waals surface area (Å²) >= 11 is 9.32. The van der Waals surface area contributed by atoms with Gasteiger partial charge in [-0.05, 0) is 42.0 Å². The van der Waals surface area contributed by atoms with Gasteiger partial charge < -0.3 is 14.7 Å². The molecular formula is C20H17BrClNO4. The van der Waals surface area contributed by atoms with Gasteiger partial charge in [0.05, 0.1) is 18.2 Å². The molecule has 2 aromatic rings. The number of carbonyl (C=O) groups is 2. The molecule has 1 N–H and O–H groups in total. The molecule has 1 heterocycles. The maximum atomic E-state index is 12.7. The molecular weight excluding hydrogens is 434 g/mol. The summed E-state index contributed by atoms with van der Waals surface area (Å²) in [6.45, 7) is 0.508. The summed E-state index contributed by atoms with van der Waals surface area (Å²) in [7, 11) is 1.53. The lowest BCUT2D eigenvalue weighted by atomic mass is 9.95. The number of hydrogen-bond acceptors (Lipinski definition) is 4. The van der Waals surface area contributed by atoms with Crippen LogP contribution in [0.2, 0.25) is 5.02 Å². The number of methoxy groups -OCH3 is 1. The van der Waals surface area contributed by atoms with E-state index in [1.807, 2.05) is 24.3 Å². The third-order valence-corrected chi connectivity index (χ3v) is 5.10. The van der Waals surface area contributed by atoms with E-state index in [9.17, 15) is 14.7 Å². The topological polar surface area (TPSA) is 66.8 Å². The minimum atomic E-state index is -0.719. The highest BCUT2D eigenvalue weighted by molar-refractivity contribution is 9.10. The molecule has 1 fully saturated rings. The van der Waals surface area contributed by atoms with Crippen LogP contribution in [-0.2, 0) is 14.3 Å². The molecule has 5 nitrogen and oxygen atoms in total. The van der Waals surface area contributed by atoms with E-state index in [2.05, 4.69) is 15.9 Å². The maximum Gasteiger partial charge on any atom is 0.295 e. The van der Waals surface area contributed by atoms with Crippen molar-refractivity contribution in [3.8, 4) is 0 Å². The lowest BCUT2D eigenvalue weighted by Crippen LogP contribution is -2.32. The second kappa shape index (κ2) is 8.25. The van der Waals surface area contributed by atoms with Gasteiger partial charge >= 0.3 is 0 Å². The summed E-state index contributed by atoms with van der Waals surface area (Å²) in [5.74, 6) is -1.61. The summed E-state index contributed by atoms with van der Waals surface area (Å²) in [6.07, 6.45) is 0. The van der Waals surface area contributed by atoms with Crippen LogP contribution in [0, 0.1) is 0 Å². The van der Waals surface area contributed by atoms with Gasteiger partial charge in [-0.1, -0.05) is 39.7 Å². The number of aliphatic hydroxyl groups is 1. The van der Waals surface area contributed by atoms with Crippen LogP contribution in [0.3, 0.4) is 0 Å². The first-order valence-electron chi connectivity index (χ1n) is 8.22. The quantitative estimate of drug-likeness (QED) is 0.422. The fraction of sp³-hybridized carbons (Fsp3) is 0.200. The number of halogens is 2. The van der Waals surface area contributed by atoms with Crippen LogP contribution < -0.4 is 0 Å². The Hall–Kier alpha value is -2.15. The first-order chi connectivity index (χ1) is 12.9. The number of hydrogen-bond donors (Lipinski definition) is 1. The van der Waals surface area contributed by atoms with E-state index in [0.717, 1.165) is 10.0 Å². The van der Waals surface area contributed by atoms with Crippen LogP contribution >= 0.6 is 27.5 Å². The number of carbonyl (C=O) groups excluding carboxylic acids is 2. The van der Waals surface area contributed by atoms with Crippen LogP contribution in [0.25, 0.3) is 5.76 Å². The zero-order chi connectivity index (χ0) is 19.6. The molecule has 1 aliphatic heterocycles. The molecule has 1 atom stereocenters. The molecule has 2 aromatic carbocycles. The van der Waals surface area contributed by atoms with Gasteiger partial charge in [0, 0.05) is 28.7 Å². The largest absolute Gasteiger partial charge is 0.507 e. The van der Waals surface area contributed by atoms with Crippen LogP contribution in [0.4, 0.5) is 0 Å². The highest BCUT2D eigenvalue weighted by Gasteiger charge is 2.45. The highest BCUT2D eigenvalue weighted by Crippen LogP contribution is 2.39. The van der Waals surface area contributed by atoms with Gasteiger partial charge in [-0.3, -0.25) is 9.59 Å². The third kappa shape index (κ3) is 3.93. The average Bonchev–Trinajstić information content (AvgIpc) is 2.91. The van der Waals surface area contributed by atoms with Gasteiger partial charge in [-0.2, -0.15) is 0 Å². The summed E-state index contributed by atoms with van der Waals surface area (Å²) < 4.78 is 5.89. The monoisotopic (exact) mass is 449 g/mol. The van der Waals surface area contributed by atoms with Gasteiger partial charge in [0.1, 0.15) is 5.76 Å². The molecule has 0 saturated carbocycles. The van der Waals surface area contributed by atoms with Crippen molar-refractivity contribution >= 4 is 45.0 Å². The Labute approximate surface area is 170 Å². The van der Waals surface area contributed by atoms with Crippen molar-refractivity contribution in [1.82, 2.24) is 4.90 Å². The van der Waals surface area contributed by atoms with Crippen molar-refractivity contribution in [1.29, 1.82) is 0 Å². The van der Waals surface area contributed by atoms with Gasteiger partial charge in [-0.25, -0.2) is 0 Å². The summed E-state index contributed by atoms with van der Waals surface area (Å²) in [4.78, 5) is 26.8. The molecule has 1 amide bonds. The number of likely N-dealkylation sites (tertiary alicyclic amines) is 1. The van der Waals surface area contributed by atoms with E-state index in [0.29, 0.717) is 10.6 Å². The molecule has 0 radical (unpaired) electrons. The van der Waals surface area contributed by atoms with Crippen molar-refractivity contribution in [2.75, 3.05) is 20.3 Å². The Morgan fingerprint density at radius 1 is 1.22 bits per heavy atom. The number of ether oxygens (including phenoxy) is 1. The molecule has 3 rings (SSSR count). The van der Waals surface area contributed by atoms with Crippen LogP contribution in [0.1, 0.15) is 17.2 Å². The number of aliphatic hydroxyl groups excluding tert-OH is 1. The van der Waals surface area contributed by atoms with Crippen molar-refractivity contribution in [3.05, 3.63) is 74.7 Å². The van der Waals surface area contributed by atoms with Gasteiger partial charge in [0.15, 0.2) is 0 Å². The molecule has 7 heteroatoms. The predicted octanol–water partition coefficient (Wildman–Crippen LogP) is 4.17. The van der Waals surface area contributed by atoms with Crippen LogP contribution in [0.5, 0.6) is 0 Å². The number of nitrogens with zero attached hydrogens (tertiary/aromatic N) is 1. The maximum absolute atomic E-state index is 12.7. The van der Waals surface area contributed by atoms with E-state index in [4.69, 9.17) is 16.3 Å². The number of benzene rings is 2. The number of rotatable bonds is 5. The molecule has 0 spiro atoms. The number of Topliss-reactive ketones (excluding diaryl/α,β-unsaturated/α-hetero) is 1. The minimum Gasteiger partial charge on any atom is -0.507 e. The molecule has 1 aliphatic rings. The van der Waals surface area contributed by atoms with E-state index in [-0.39, 0.29) is 24.5 Å². The van der Waals surface area contributed by atoms with E-state index < -0.39 is 17.7 Å². The second-order valence-electron chi connectivity index (χ2n) is 6.05. The fourth-order valence-corrected chi connectivity index (χ4v) is 3.63. The SMILES string of the molecule is COCCN1C(=O)C(=O)C(=C(O)c2ccc(Cl)cc2)C1c1cccc(Br)c1. The molecule has 140 valence electrons. The lowest BCUT2D eigenvalue weighted by molar-refractivity contribution is -0.140. The predicted molar refractivity (Wildman–Crippen MR) is 106 cm³/mol. The summed E-state index contributed by atoms with van der Waals surface area (Å²) in [5, 5.41) is 11.3. The summed E-state index contributed by atoms with van der Waals surface area (Å²) in [5.41, 5.74) is 1.19. The molecule has 1 saturated heterocycles. The Bertz CT molecular complexity index is 910. The van der Waals surface area contributed by atoms with Crippen molar-refractivity contribution in [2.45, 2.75) is 6.04 Å². The van der Waals surface area contributed by atoms with Crippen molar-refractivity contribution in [3.63, 3.8) is 0 Å². The Morgan fingerprint density at radius 3 is 2.56 bits per heavy atom. The zero-order valence-electron chi connectivity index (χ0n) is 14.5. The highest BCUT2D eigenvalue weighted by atomic mass is 79.9. The van der Waals surface area contributed by atoms with E-state index in [1.54, 1.807) is 24.3 Å². The lowest BCUT2D eigenvalue weighted by Gasteiger charge is -2.25. The van der Waals surface area contributed by atoms with Crippen molar-refractivity contribution < 1.29 is 19.4 Å². The second-order valence-corrected chi connectivity index (χ2v) is 7.40. The van der Waals surface area contributed by atoms with E-state index >= 15 is 0 Å². The van der Waals surface area contributed by atoms with Crippen molar-refractivity contribution in [2.24, 2.45) is 0 Å². The molecule has 0 aliphatic carbocycles. The van der Waals surface area contributed by atoms with Crippen LogP contribution in [0.15, 0.2) is 58.6 Å². The molecule has 0 aromatic heterocycles. The van der Waals surface area contributed by atoms with Gasteiger partial charge in [-0.15, -0.1) is 0 Å². The normalized spacial score (nSPS) is 18.9. The van der Waals surface area contributed by atoms with Crippen LogP contribution in [-0.4, -0.2) is 42.0 Å². The van der Waals surface area contributed by atoms with E-state index in [1.165, 1.54) is 12.0 Å². The molecule has 0 bridgehead atoms. The van der Waals surface area contributed by atoms with Gasteiger partial charge in [0.2, 0.25) is 0 Å². The minimum absolute atomic E-state index is 0.0523. The third-order valence-electron chi connectivity index (χ3n) is 4.36. The van der Waals surface area contributed by atoms with Gasteiger partial charge in [0.25, 0.3) is 11.7 Å². The number of ketones is 1. The standard InChI is InChI=1S/C20H17BrClNO4/c1-27-10-9-23-17(13-3-2-4-14(21)11-13)16(19(25)20(23)26)18(24)12-5-7-15(22)8-6-12/h2-8,11,17,24H,9-10H2,1H3. The Balaban J connectivity index is 2.16. The Kier molecular flexibility index (Phi) is 5.99.